The van der Waals surface area contributed by atoms with Gasteiger partial charge in [0.1, 0.15) is 0 Å². The van der Waals surface area contributed by atoms with Gasteiger partial charge in [-0.05, 0) is 18.4 Å². The summed E-state index contributed by atoms with van der Waals surface area (Å²) in [7, 11) is 4.94. The van der Waals surface area contributed by atoms with Crippen LogP contribution in [0.4, 0.5) is 0 Å². The molecule has 1 aromatic carbocycles. The smallest absolute Gasteiger partial charge is 0.203 e. The summed E-state index contributed by atoms with van der Waals surface area (Å²) in [6.45, 7) is 0. The number of rotatable bonds is 6. The molecule has 2 rings (SSSR count). The molecule has 0 spiro atoms. The second-order valence-electron chi connectivity index (χ2n) is 4.92. The molecule has 0 saturated heterocycles. The van der Waals surface area contributed by atoms with E-state index in [0.717, 1.165) is 23.7 Å². The number of ether oxygens (including phenoxy) is 3. The molecule has 0 heterocycles. The fraction of sp³-hybridized carbons (Fsp3) is 0.600. The van der Waals surface area contributed by atoms with Gasteiger partial charge >= 0.3 is 0 Å². The molecule has 1 aliphatic rings. The van der Waals surface area contributed by atoms with Gasteiger partial charge in [0, 0.05) is 10.4 Å². The standard InChI is InChI=1S/C15H21BrO3/c1-17-13-8-7-11(14(18-2)15(13)19-3)12(16)9-10-5-4-6-10/h7-8,10,12H,4-6,9H2,1-3H3. The second-order valence-corrected chi connectivity index (χ2v) is 6.03. The van der Waals surface area contributed by atoms with Gasteiger partial charge in [-0.2, -0.15) is 0 Å². The van der Waals surface area contributed by atoms with Crippen molar-refractivity contribution in [2.45, 2.75) is 30.5 Å². The van der Waals surface area contributed by atoms with Crippen molar-refractivity contribution in [3.8, 4) is 17.2 Å². The van der Waals surface area contributed by atoms with Crippen LogP contribution in [0.25, 0.3) is 0 Å². The average molecular weight is 329 g/mol. The first kappa shape index (κ1) is 14.5. The maximum absolute atomic E-state index is 5.53. The summed E-state index contributed by atoms with van der Waals surface area (Å²) in [5.74, 6) is 2.97. The van der Waals surface area contributed by atoms with Gasteiger partial charge in [-0.1, -0.05) is 41.3 Å². The summed E-state index contributed by atoms with van der Waals surface area (Å²) in [4.78, 5) is 0.299. The molecule has 1 unspecified atom stereocenters. The first-order valence-electron chi connectivity index (χ1n) is 6.64. The van der Waals surface area contributed by atoms with E-state index in [2.05, 4.69) is 22.0 Å². The van der Waals surface area contributed by atoms with Gasteiger partial charge in [0.05, 0.1) is 21.3 Å². The van der Waals surface area contributed by atoms with Crippen LogP contribution in [0.15, 0.2) is 12.1 Å². The van der Waals surface area contributed by atoms with Crippen LogP contribution in [-0.4, -0.2) is 21.3 Å². The normalized spacial score (nSPS) is 16.6. The molecule has 1 aromatic rings. The van der Waals surface area contributed by atoms with E-state index >= 15 is 0 Å². The fourth-order valence-electron chi connectivity index (χ4n) is 2.52. The van der Waals surface area contributed by atoms with Gasteiger partial charge in [-0.3, -0.25) is 0 Å². The number of alkyl halides is 1. The zero-order valence-corrected chi connectivity index (χ0v) is 13.3. The molecular formula is C15H21BrO3. The average Bonchev–Trinajstić information content (AvgIpc) is 2.40. The summed E-state index contributed by atoms with van der Waals surface area (Å²) in [5, 5.41) is 0. The Balaban J connectivity index is 2.27. The molecule has 0 aromatic heterocycles. The Bertz CT molecular complexity index is 430. The maximum Gasteiger partial charge on any atom is 0.203 e. The largest absolute Gasteiger partial charge is 0.493 e. The first-order valence-corrected chi connectivity index (χ1v) is 7.55. The Hall–Kier alpha value is -0.900. The summed E-state index contributed by atoms with van der Waals surface area (Å²) in [5.41, 5.74) is 1.13. The monoisotopic (exact) mass is 328 g/mol. The minimum Gasteiger partial charge on any atom is -0.493 e. The van der Waals surface area contributed by atoms with E-state index < -0.39 is 0 Å². The highest BCUT2D eigenvalue weighted by atomic mass is 79.9. The Labute approximate surface area is 123 Å². The van der Waals surface area contributed by atoms with Crippen LogP contribution < -0.4 is 14.2 Å². The number of benzene rings is 1. The molecule has 0 aliphatic heterocycles. The van der Waals surface area contributed by atoms with E-state index in [-0.39, 0.29) is 0 Å². The second kappa shape index (κ2) is 6.51. The lowest BCUT2D eigenvalue weighted by molar-refractivity contribution is 0.291. The Morgan fingerprint density at radius 2 is 1.79 bits per heavy atom. The van der Waals surface area contributed by atoms with E-state index in [9.17, 15) is 0 Å². The van der Waals surface area contributed by atoms with E-state index in [1.165, 1.54) is 19.3 Å². The highest BCUT2D eigenvalue weighted by Crippen LogP contribution is 2.47. The summed E-state index contributed by atoms with van der Waals surface area (Å²) >= 11 is 3.79. The number of hydrogen-bond acceptors (Lipinski definition) is 3. The minimum absolute atomic E-state index is 0.299. The lowest BCUT2D eigenvalue weighted by Crippen LogP contribution is -2.13. The maximum atomic E-state index is 5.53. The van der Waals surface area contributed by atoms with Crippen LogP contribution in [0.5, 0.6) is 17.2 Å². The highest BCUT2D eigenvalue weighted by molar-refractivity contribution is 9.09. The molecule has 106 valence electrons. The first-order chi connectivity index (χ1) is 9.21. The number of methoxy groups -OCH3 is 3. The van der Waals surface area contributed by atoms with Gasteiger partial charge in [0.15, 0.2) is 11.5 Å². The van der Waals surface area contributed by atoms with Crippen LogP contribution in [-0.2, 0) is 0 Å². The molecule has 1 fully saturated rings. The van der Waals surface area contributed by atoms with Gasteiger partial charge in [0.25, 0.3) is 0 Å². The summed E-state index contributed by atoms with van der Waals surface area (Å²) in [6, 6.07) is 3.99. The van der Waals surface area contributed by atoms with Crippen molar-refractivity contribution >= 4 is 15.9 Å². The third-order valence-electron chi connectivity index (χ3n) is 3.84. The van der Waals surface area contributed by atoms with Crippen LogP contribution in [0.3, 0.4) is 0 Å². The molecule has 0 amide bonds. The van der Waals surface area contributed by atoms with Gasteiger partial charge < -0.3 is 14.2 Å². The summed E-state index contributed by atoms with van der Waals surface area (Å²) < 4.78 is 16.3. The molecular weight excluding hydrogens is 308 g/mol. The Kier molecular flexibility index (Phi) is 4.97. The SMILES string of the molecule is COc1ccc(C(Br)CC2CCC2)c(OC)c1OC. The molecule has 4 heteroatoms. The molecule has 1 aliphatic carbocycles. The zero-order chi connectivity index (χ0) is 13.8. The molecule has 0 N–H and O–H groups in total. The van der Waals surface area contributed by atoms with Gasteiger partial charge in [-0.15, -0.1) is 0 Å². The summed E-state index contributed by atoms with van der Waals surface area (Å²) in [6.07, 6.45) is 5.20. The van der Waals surface area contributed by atoms with Crippen molar-refractivity contribution < 1.29 is 14.2 Å². The van der Waals surface area contributed by atoms with Gasteiger partial charge in [0.2, 0.25) is 5.75 Å². The van der Waals surface area contributed by atoms with Crippen molar-refractivity contribution in [1.82, 2.24) is 0 Å². The molecule has 1 saturated carbocycles. The van der Waals surface area contributed by atoms with E-state index in [0.29, 0.717) is 16.3 Å². The van der Waals surface area contributed by atoms with Crippen LogP contribution in [0.1, 0.15) is 36.1 Å². The van der Waals surface area contributed by atoms with Crippen LogP contribution in [0, 0.1) is 5.92 Å². The number of hydrogen-bond donors (Lipinski definition) is 0. The van der Waals surface area contributed by atoms with Crippen molar-refractivity contribution in [1.29, 1.82) is 0 Å². The lowest BCUT2D eigenvalue weighted by Gasteiger charge is -2.28. The molecule has 3 nitrogen and oxygen atoms in total. The predicted molar refractivity (Wildman–Crippen MR) is 79.7 cm³/mol. The van der Waals surface area contributed by atoms with E-state index in [4.69, 9.17) is 14.2 Å². The fourth-order valence-corrected chi connectivity index (χ4v) is 3.41. The number of halogens is 1. The van der Waals surface area contributed by atoms with E-state index in [1.807, 2.05) is 6.07 Å². The quantitative estimate of drug-likeness (QED) is 0.727. The highest BCUT2D eigenvalue weighted by Gasteiger charge is 2.25. The minimum atomic E-state index is 0.299. The van der Waals surface area contributed by atoms with Crippen molar-refractivity contribution in [3.05, 3.63) is 17.7 Å². The lowest BCUT2D eigenvalue weighted by atomic mass is 9.81. The molecule has 1 atom stereocenters. The topological polar surface area (TPSA) is 27.7 Å². The van der Waals surface area contributed by atoms with Crippen LogP contribution in [0.2, 0.25) is 0 Å². The molecule has 19 heavy (non-hydrogen) atoms. The van der Waals surface area contributed by atoms with Crippen molar-refractivity contribution in [2.75, 3.05) is 21.3 Å². The van der Waals surface area contributed by atoms with Crippen LogP contribution >= 0.6 is 15.9 Å². The van der Waals surface area contributed by atoms with Crippen molar-refractivity contribution in [3.63, 3.8) is 0 Å². The molecule has 0 bridgehead atoms. The Morgan fingerprint density at radius 3 is 2.26 bits per heavy atom. The Morgan fingerprint density at radius 1 is 1.11 bits per heavy atom. The predicted octanol–water partition coefficient (Wildman–Crippen LogP) is 4.34. The zero-order valence-electron chi connectivity index (χ0n) is 11.7. The third kappa shape index (κ3) is 2.99. The third-order valence-corrected chi connectivity index (χ3v) is 4.70. The van der Waals surface area contributed by atoms with E-state index in [1.54, 1.807) is 21.3 Å². The van der Waals surface area contributed by atoms with Crippen molar-refractivity contribution in [2.24, 2.45) is 5.92 Å². The van der Waals surface area contributed by atoms with Gasteiger partial charge in [-0.25, -0.2) is 0 Å². The molecule has 0 radical (unpaired) electrons.